The van der Waals surface area contributed by atoms with Crippen LogP contribution < -0.4 is 10.6 Å². The lowest BCUT2D eigenvalue weighted by Crippen LogP contribution is -2.40. The van der Waals surface area contributed by atoms with Gasteiger partial charge in [-0.25, -0.2) is 0 Å². The Bertz CT molecular complexity index is 786. The van der Waals surface area contributed by atoms with Crippen LogP contribution in [0.2, 0.25) is 10.0 Å². The van der Waals surface area contributed by atoms with Gasteiger partial charge < -0.3 is 10.6 Å². The third kappa shape index (κ3) is 4.94. The number of halogens is 2. The topological polar surface area (TPSA) is 71.1 Å². The zero-order valence-electron chi connectivity index (χ0n) is 13.5. The van der Waals surface area contributed by atoms with E-state index in [0.29, 0.717) is 21.3 Å². The zero-order chi connectivity index (χ0) is 17.9. The monoisotopic (exact) mass is 365 g/mol. The summed E-state index contributed by atoms with van der Waals surface area (Å²) in [6.07, 6.45) is 2.78. The number of hydrogen-bond donors (Lipinski definition) is 2. The first kappa shape index (κ1) is 18.2. The molecule has 0 aliphatic carbocycles. The van der Waals surface area contributed by atoms with Crippen LogP contribution in [0.5, 0.6) is 0 Å². The molecule has 2 aromatic rings. The number of carbonyl (C=O) groups excluding carboxylic acids is 2. The van der Waals surface area contributed by atoms with E-state index in [4.69, 9.17) is 23.2 Å². The van der Waals surface area contributed by atoms with Crippen LogP contribution in [-0.4, -0.2) is 22.3 Å². The smallest absolute Gasteiger partial charge is 0.257 e. The maximum atomic E-state index is 12.4. The minimum Gasteiger partial charge on any atom is -0.347 e. The Hall–Kier alpha value is -2.11. The number of rotatable bonds is 3. The lowest BCUT2D eigenvalue weighted by molar-refractivity contribution is 0.0919. The second kappa shape index (κ2) is 7.20. The fraction of sp³-hybridized carbons (Fsp3) is 0.235. The Morgan fingerprint density at radius 2 is 1.62 bits per heavy atom. The summed E-state index contributed by atoms with van der Waals surface area (Å²) in [7, 11) is 0. The van der Waals surface area contributed by atoms with Crippen molar-refractivity contribution in [2.24, 2.45) is 0 Å². The molecule has 0 radical (unpaired) electrons. The maximum absolute atomic E-state index is 12.4. The van der Waals surface area contributed by atoms with E-state index in [1.54, 1.807) is 18.2 Å². The zero-order valence-corrected chi connectivity index (χ0v) is 15.0. The quantitative estimate of drug-likeness (QED) is 0.857. The predicted molar refractivity (Wildman–Crippen MR) is 95.9 cm³/mol. The molecule has 2 rings (SSSR count). The summed E-state index contributed by atoms with van der Waals surface area (Å²) in [6.45, 7) is 5.61. The second-order valence-corrected chi connectivity index (χ2v) is 7.09. The molecule has 2 amide bonds. The van der Waals surface area contributed by atoms with Gasteiger partial charge in [0.15, 0.2) is 0 Å². The largest absolute Gasteiger partial charge is 0.347 e. The van der Waals surface area contributed by atoms with Crippen molar-refractivity contribution < 1.29 is 9.59 Å². The summed E-state index contributed by atoms with van der Waals surface area (Å²) in [5.41, 5.74) is 0.546. The van der Waals surface area contributed by atoms with Crippen LogP contribution in [-0.2, 0) is 0 Å². The first-order chi connectivity index (χ1) is 11.2. The highest BCUT2D eigenvalue weighted by Gasteiger charge is 2.17. The van der Waals surface area contributed by atoms with Crippen LogP contribution in [0, 0.1) is 0 Å². The summed E-state index contributed by atoms with van der Waals surface area (Å²) < 4.78 is 0. The Morgan fingerprint density at radius 3 is 2.25 bits per heavy atom. The minimum absolute atomic E-state index is 0.243. The molecule has 126 valence electrons. The van der Waals surface area contributed by atoms with Crippen molar-refractivity contribution in [1.82, 2.24) is 10.3 Å². The van der Waals surface area contributed by atoms with E-state index in [-0.39, 0.29) is 17.0 Å². The summed E-state index contributed by atoms with van der Waals surface area (Å²) in [6, 6.07) is 6.23. The molecular weight excluding hydrogens is 349 g/mol. The molecule has 1 aromatic heterocycles. The van der Waals surface area contributed by atoms with Crippen molar-refractivity contribution in [3.63, 3.8) is 0 Å². The number of aromatic nitrogens is 1. The molecule has 0 atom stereocenters. The van der Waals surface area contributed by atoms with Gasteiger partial charge in [-0.1, -0.05) is 23.2 Å². The fourth-order valence-electron chi connectivity index (χ4n) is 1.89. The molecular formula is C17H17Cl2N3O2. The molecule has 2 N–H and O–H groups in total. The maximum Gasteiger partial charge on any atom is 0.257 e. The van der Waals surface area contributed by atoms with Crippen molar-refractivity contribution >= 4 is 40.7 Å². The SMILES string of the molecule is CC(C)(C)NC(=O)c1cncc(C(=O)Nc2cc(Cl)ccc2Cl)c1. The highest BCUT2D eigenvalue weighted by Crippen LogP contribution is 2.25. The first-order valence-electron chi connectivity index (χ1n) is 7.20. The normalized spacial score (nSPS) is 11.0. The van der Waals surface area contributed by atoms with E-state index in [0.717, 1.165) is 0 Å². The highest BCUT2D eigenvalue weighted by atomic mass is 35.5. The molecule has 0 bridgehead atoms. The Morgan fingerprint density at radius 1 is 1.00 bits per heavy atom. The van der Waals surface area contributed by atoms with Crippen LogP contribution in [0.3, 0.4) is 0 Å². The lowest BCUT2D eigenvalue weighted by atomic mass is 10.1. The number of nitrogens with one attached hydrogen (secondary N) is 2. The summed E-state index contributed by atoms with van der Waals surface area (Å²) in [4.78, 5) is 28.5. The van der Waals surface area contributed by atoms with Crippen LogP contribution >= 0.6 is 23.2 Å². The molecule has 24 heavy (non-hydrogen) atoms. The van der Waals surface area contributed by atoms with E-state index in [2.05, 4.69) is 15.6 Å². The minimum atomic E-state index is -0.433. The van der Waals surface area contributed by atoms with Gasteiger partial charge in [0, 0.05) is 23.0 Å². The molecule has 0 saturated heterocycles. The van der Waals surface area contributed by atoms with Crippen molar-refractivity contribution in [3.05, 3.63) is 57.8 Å². The number of amides is 2. The Labute approximate surface area is 150 Å². The number of benzene rings is 1. The summed E-state index contributed by atoms with van der Waals surface area (Å²) in [5, 5.41) is 6.29. The molecule has 0 spiro atoms. The van der Waals surface area contributed by atoms with E-state index >= 15 is 0 Å². The van der Waals surface area contributed by atoms with E-state index in [9.17, 15) is 9.59 Å². The number of pyridine rings is 1. The molecule has 0 saturated carbocycles. The summed E-state index contributed by atoms with van der Waals surface area (Å²) >= 11 is 11.9. The highest BCUT2D eigenvalue weighted by molar-refractivity contribution is 6.35. The van der Waals surface area contributed by atoms with Crippen LogP contribution in [0.1, 0.15) is 41.5 Å². The average molecular weight is 366 g/mol. The Balaban J connectivity index is 2.20. The fourth-order valence-corrected chi connectivity index (χ4v) is 2.23. The number of hydrogen-bond acceptors (Lipinski definition) is 3. The van der Waals surface area contributed by atoms with Crippen LogP contribution in [0.25, 0.3) is 0 Å². The van der Waals surface area contributed by atoms with Gasteiger partial charge in [0.25, 0.3) is 11.8 Å². The molecule has 0 unspecified atom stereocenters. The second-order valence-electron chi connectivity index (χ2n) is 6.24. The molecule has 1 aromatic carbocycles. The molecule has 7 heteroatoms. The van der Waals surface area contributed by atoms with E-state index in [1.165, 1.54) is 18.5 Å². The third-order valence-corrected chi connectivity index (χ3v) is 3.49. The molecule has 0 aliphatic heterocycles. The lowest BCUT2D eigenvalue weighted by Gasteiger charge is -2.20. The molecule has 0 aliphatic rings. The van der Waals surface area contributed by atoms with Crippen molar-refractivity contribution in [2.45, 2.75) is 26.3 Å². The van der Waals surface area contributed by atoms with Gasteiger partial charge in [-0.2, -0.15) is 0 Å². The van der Waals surface area contributed by atoms with E-state index < -0.39 is 5.91 Å². The molecule has 5 nitrogen and oxygen atoms in total. The van der Waals surface area contributed by atoms with Gasteiger partial charge in [-0.05, 0) is 45.0 Å². The van der Waals surface area contributed by atoms with Crippen LogP contribution in [0.4, 0.5) is 5.69 Å². The standard InChI is InChI=1S/C17H17Cl2N3O2/c1-17(2,3)22-16(24)11-6-10(8-20-9-11)15(23)21-14-7-12(18)4-5-13(14)19/h4-9H,1-3H3,(H,21,23)(H,22,24). The van der Waals surface area contributed by atoms with Gasteiger partial charge in [0.05, 0.1) is 21.8 Å². The Kier molecular flexibility index (Phi) is 5.47. The predicted octanol–water partition coefficient (Wildman–Crippen LogP) is 4.17. The number of carbonyl (C=O) groups is 2. The van der Waals surface area contributed by atoms with Gasteiger partial charge >= 0.3 is 0 Å². The van der Waals surface area contributed by atoms with Gasteiger partial charge in [-0.3, -0.25) is 14.6 Å². The molecule has 0 fully saturated rings. The summed E-state index contributed by atoms with van der Waals surface area (Å²) in [5.74, 6) is -0.734. The average Bonchev–Trinajstić information content (AvgIpc) is 2.49. The van der Waals surface area contributed by atoms with Gasteiger partial charge in [0.1, 0.15) is 0 Å². The number of anilines is 1. The van der Waals surface area contributed by atoms with Crippen molar-refractivity contribution in [3.8, 4) is 0 Å². The van der Waals surface area contributed by atoms with Crippen molar-refractivity contribution in [1.29, 1.82) is 0 Å². The first-order valence-corrected chi connectivity index (χ1v) is 7.95. The van der Waals surface area contributed by atoms with Gasteiger partial charge in [0.2, 0.25) is 0 Å². The van der Waals surface area contributed by atoms with E-state index in [1.807, 2.05) is 20.8 Å². The van der Waals surface area contributed by atoms with Crippen LogP contribution in [0.15, 0.2) is 36.7 Å². The molecule has 1 heterocycles. The number of nitrogens with zero attached hydrogens (tertiary/aromatic N) is 1. The van der Waals surface area contributed by atoms with Gasteiger partial charge in [-0.15, -0.1) is 0 Å². The third-order valence-electron chi connectivity index (χ3n) is 2.93. The van der Waals surface area contributed by atoms with Crippen molar-refractivity contribution in [2.75, 3.05) is 5.32 Å².